The van der Waals surface area contributed by atoms with Crippen LogP contribution < -0.4 is 0 Å². The van der Waals surface area contributed by atoms with Gasteiger partial charge in [0.25, 0.3) is 0 Å². The largest absolute Gasteiger partial charge is 0.354 e. The van der Waals surface area contributed by atoms with Gasteiger partial charge in [-0.1, -0.05) is 48.8 Å². The first-order chi connectivity index (χ1) is 12.1. The molecule has 0 saturated carbocycles. The minimum atomic E-state index is -0.596. The summed E-state index contributed by atoms with van der Waals surface area (Å²) in [6.45, 7) is 8.62. The van der Waals surface area contributed by atoms with E-state index in [0.717, 1.165) is 21.4 Å². The SMILES string of the molecule is COC(C)(C)OCCc1nc(C(C)C)c(Sc2cc(Cl)cc(Cl)c2)n1C. The van der Waals surface area contributed by atoms with E-state index in [-0.39, 0.29) is 0 Å². The predicted molar refractivity (Wildman–Crippen MR) is 109 cm³/mol. The van der Waals surface area contributed by atoms with Gasteiger partial charge >= 0.3 is 0 Å². The first kappa shape index (κ1) is 21.6. The summed E-state index contributed by atoms with van der Waals surface area (Å²) in [5.41, 5.74) is 1.06. The van der Waals surface area contributed by atoms with E-state index >= 15 is 0 Å². The van der Waals surface area contributed by atoms with Crippen molar-refractivity contribution >= 4 is 35.0 Å². The summed E-state index contributed by atoms with van der Waals surface area (Å²) in [5, 5.41) is 2.35. The monoisotopic (exact) mass is 416 g/mol. The molecule has 0 radical (unpaired) electrons. The quantitative estimate of drug-likeness (QED) is 0.498. The second-order valence-corrected chi connectivity index (χ2v) is 8.78. The molecule has 7 heteroatoms. The molecule has 2 rings (SSSR count). The molecular formula is C19H26Cl2N2O2S. The summed E-state index contributed by atoms with van der Waals surface area (Å²) < 4.78 is 13.2. The van der Waals surface area contributed by atoms with Gasteiger partial charge in [0, 0.05) is 35.5 Å². The van der Waals surface area contributed by atoms with E-state index in [1.165, 1.54) is 0 Å². The highest BCUT2D eigenvalue weighted by atomic mass is 35.5. The van der Waals surface area contributed by atoms with Crippen molar-refractivity contribution in [1.29, 1.82) is 0 Å². The number of methoxy groups -OCH3 is 1. The fraction of sp³-hybridized carbons (Fsp3) is 0.526. The van der Waals surface area contributed by atoms with Crippen molar-refractivity contribution < 1.29 is 9.47 Å². The summed E-state index contributed by atoms with van der Waals surface area (Å²) in [6, 6.07) is 5.57. The van der Waals surface area contributed by atoms with Crippen LogP contribution in [0, 0.1) is 0 Å². The van der Waals surface area contributed by atoms with Crippen LogP contribution in [-0.4, -0.2) is 29.1 Å². The molecule has 0 atom stereocenters. The minimum Gasteiger partial charge on any atom is -0.354 e. The molecule has 0 amide bonds. The number of nitrogens with zero attached hydrogens (tertiary/aromatic N) is 2. The molecule has 0 bridgehead atoms. The molecule has 0 aliphatic rings. The maximum atomic E-state index is 6.14. The van der Waals surface area contributed by atoms with Crippen LogP contribution in [-0.2, 0) is 22.9 Å². The van der Waals surface area contributed by atoms with Gasteiger partial charge in [0.05, 0.1) is 12.3 Å². The van der Waals surface area contributed by atoms with E-state index in [1.54, 1.807) is 24.9 Å². The highest BCUT2D eigenvalue weighted by molar-refractivity contribution is 7.99. The van der Waals surface area contributed by atoms with E-state index in [4.69, 9.17) is 37.7 Å². The maximum absolute atomic E-state index is 6.14. The highest BCUT2D eigenvalue weighted by Crippen LogP contribution is 2.36. The summed E-state index contributed by atoms with van der Waals surface area (Å²) in [5.74, 6) is 0.695. The average Bonchev–Trinajstić information content (AvgIpc) is 2.83. The zero-order chi connectivity index (χ0) is 19.5. The van der Waals surface area contributed by atoms with Crippen molar-refractivity contribution in [1.82, 2.24) is 9.55 Å². The molecule has 0 N–H and O–H groups in total. The number of aromatic nitrogens is 2. The lowest BCUT2D eigenvalue weighted by Gasteiger charge is -2.23. The van der Waals surface area contributed by atoms with E-state index in [9.17, 15) is 0 Å². The van der Waals surface area contributed by atoms with Gasteiger partial charge in [0.2, 0.25) is 0 Å². The minimum absolute atomic E-state index is 0.309. The lowest BCUT2D eigenvalue weighted by molar-refractivity contribution is -0.196. The van der Waals surface area contributed by atoms with Crippen molar-refractivity contribution in [2.75, 3.05) is 13.7 Å². The molecule has 0 aliphatic carbocycles. The predicted octanol–water partition coefficient (Wildman–Crippen LogP) is 5.94. The van der Waals surface area contributed by atoms with E-state index in [0.29, 0.717) is 29.0 Å². The lowest BCUT2D eigenvalue weighted by Crippen LogP contribution is -2.27. The zero-order valence-corrected chi connectivity index (χ0v) is 18.4. The van der Waals surface area contributed by atoms with E-state index < -0.39 is 5.79 Å². The van der Waals surface area contributed by atoms with Gasteiger partial charge in [-0.15, -0.1) is 0 Å². The van der Waals surface area contributed by atoms with Crippen LogP contribution in [0.5, 0.6) is 0 Å². The number of halogens is 2. The van der Waals surface area contributed by atoms with Gasteiger partial charge in [-0.25, -0.2) is 4.98 Å². The Bertz CT molecular complexity index is 740. The van der Waals surface area contributed by atoms with E-state index in [1.807, 2.05) is 33.0 Å². The van der Waals surface area contributed by atoms with Gasteiger partial charge in [-0.2, -0.15) is 0 Å². The highest BCUT2D eigenvalue weighted by Gasteiger charge is 2.20. The molecule has 0 spiro atoms. The first-order valence-electron chi connectivity index (χ1n) is 8.51. The Morgan fingerprint density at radius 2 is 1.81 bits per heavy atom. The smallest absolute Gasteiger partial charge is 0.162 e. The third kappa shape index (κ3) is 5.64. The second kappa shape index (κ2) is 8.98. The summed E-state index contributed by atoms with van der Waals surface area (Å²) >= 11 is 13.9. The molecule has 1 heterocycles. The van der Waals surface area contributed by atoms with Crippen molar-refractivity contribution in [2.45, 2.75) is 55.7 Å². The van der Waals surface area contributed by atoms with Gasteiger partial charge in [0.1, 0.15) is 10.9 Å². The Kier molecular flexibility index (Phi) is 7.45. The zero-order valence-electron chi connectivity index (χ0n) is 16.1. The van der Waals surface area contributed by atoms with Crippen LogP contribution in [0.4, 0.5) is 0 Å². The van der Waals surface area contributed by atoms with Crippen molar-refractivity contribution in [3.05, 3.63) is 39.8 Å². The average molecular weight is 417 g/mol. The molecule has 1 aromatic heterocycles. The van der Waals surface area contributed by atoms with Crippen LogP contribution in [0.3, 0.4) is 0 Å². The number of hydrogen-bond acceptors (Lipinski definition) is 4. The molecule has 4 nitrogen and oxygen atoms in total. The number of hydrogen-bond donors (Lipinski definition) is 0. The van der Waals surface area contributed by atoms with E-state index in [2.05, 4.69) is 18.4 Å². The molecule has 144 valence electrons. The number of rotatable bonds is 8. The Morgan fingerprint density at radius 1 is 1.19 bits per heavy atom. The topological polar surface area (TPSA) is 36.3 Å². The molecule has 0 aliphatic heterocycles. The maximum Gasteiger partial charge on any atom is 0.162 e. The Balaban J connectivity index is 2.24. The Labute approximate surface area is 170 Å². The van der Waals surface area contributed by atoms with Crippen LogP contribution in [0.15, 0.2) is 28.1 Å². The molecule has 0 saturated heterocycles. The Hall–Kier alpha value is -0.720. The number of imidazole rings is 1. The van der Waals surface area contributed by atoms with Gasteiger partial charge in [-0.05, 0) is 38.0 Å². The van der Waals surface area contributed by atoms with Crippen LogP contribution in [0.1, 0.15) is 45.1 Å². The molecule has 2 aromatic rings. The van der Waals surface area contributed by atoms with Crippen molar-refractivity contribution in [3.63, 3.8) is 0 Å². The van der Waals surface area contributed by atoms with Crippen LogP contribution in [0.25, 0.3) is 0 Å². The van der Waals surface area contributed by atoms with Crippen LogP contribution in [0.2, 0.25) is 10.0 Å². The van der Waals surface area contributed by atoms with Crippen molar-refractivity contribution in [3.8, 4) is 0 Å². The fourth-order valence-corrected chi connectivity index (χ4v) is 4.30. The summed E-state index contributed by atoms with van der Waals surface area (Å²) in [6.07, 6.45) is 0.708. The third-order valence-electron chi connectivity index (χ3n) is 4.02. The third-order valence-corrected chi connectivity index (χ3v) is 5.61. The molecular weight excluding hydrogens is 391 g/mol. The lowest BCUT2D eigenvalue weighted by atomic mass is 10.1. The second-order valence-electron chi connectivity index (χ2n) is 6.84. The van der Waals surface area contributed by atoms with Gasteiger partial charge in [0.15, 0.2) is 5.79 Å². The van der Waals surface area contributed by atoms with Crippen LogP contribution >= 0.6 is 35.0 Å². The van der Waals surface area contributed by atoms with Gasteiger partial charge < -0.3 is 14.0 Å². The molecule has 1 aromatic carbocycles. The summed E-state index contributed by atoms with van der Waals surface area (Å²) in [7, 11) is 3.67. The fourth-order valence-electron chi connectivity index (χ4n) is 2.42. The van der Waals surface area contributed by atoms with Crippen molar-refractivity contribution in [2.24, 2.45) is 7.05 Å². The molecule has 0 unspecified atom stereocenters. The first-order valence-corrected chi connectivity index (χ1v) is 10.1. The normalized spacial score (nSPS) is 12.2. The molecule has 26 heavy (non-hydrogen) atoms. The standard InChI is InChI=1S/C19H26Cl2N2O2S/c1-12(2)17-18(26-15-10-13(20)9-14(21)11-15)23(5)16(22-17)7-8-25-19(3,4)24-6/h9-12H,7-8H2,1-6H3. The Morgan fingerprint density at radius 3 is 2.35 bits per heavy atom. The van der Waals surface area contributed by atoms with Gasteiger partial charge in [-0.3, -0.25) is 0 Å². The molecule has 0 fully saturated rings. The number of benzene rings is 1. The number of ether oxygens (including phenoxy) is 2. The summed E-state index contributed by atoms with van der Waals surface area (Å²) in [4.78, 5) is 5.85.